The van der Waals surface area contributed by atoms with E-state index in [0.717, 1.165) is 24.6 Å². The minimum atomic E-state index is 0.402. The van der Waals surface area contributed by atoms with Gasteiger partial charge < -0.3 is 10.6 Å². The highest BCUT2D eigenvalue weighted by molar-refractivity contribution is 7.10. The number of guanidine groups is 1. The number of hydrogen-bond donors (Lipinski definition) is 2. The van der Waals surface area contributed by atoms with Crippen molar-refractivity contribution in [2.24, 2.45) is 4.99 Å². The normalized spacial score (nSPS) is 16.0. The van der Waals surface area contributed by atoms with Crippen molar-refractivity contribution in [3.05, 3.63) is 76.2 Å². The molecule has 1 unspecified atom stereocenters. The van der Waals surface area contributed by atoms with Crippen molar-refractivity contribution < 1.29 is 0 Å². The van der Waals surface area contributed by atoms with Gasteiger partial charge in [-0.25, -0.2) is 0 Å². The van der Waals surface area contributed by atoms with E-state index in [2.05, 4.69) is 73.6 Å². The first-order valence-electron chi connectivity index (χ1n) is 10.6. The average Bonchev–Trinajstić information content (AvgIpc) is 3.55. The minimum Gasteiger partial charge on any atom is -0.354 e. The molecule has 1 fully saturated rings. The molecule has 1 aromatic carbocycles. The Morgan fingerprint density at radius 2 is 1.93 bits per heavy atom. The van der Waals surface area contributed by atoms with Gasteiger partial charge in [0.25, 0.3) is 0 Å². The minimum absolute atomic E-state index is 0.402. The third kappa shape index (κ3) is 5.49. The van der Waals surface area contributed by atoms with Crippen LogP contribution < -0.4 is 10.6 Å². The molecule has 0 aliphatic carbocycles. The largest absolute Gasteiger partial charge is 0.354 e. The number of hydrogen-bond acceptors (Lipinski definition) is 4. The monoisotopic (exact) mass is 422 g/mol. The summed E-state index contributed by atoms with van der Waals surface area (Å²) in [7, 11) is 1.82. The fraction of sp³-hybridized carbons (Fsp3) is 0.391. The van der Waals surface area contributed by atoms with Crippen molar-refractivity contribution in [1.29, 1.82) is 0 Å². The molecular weight excluding hydrogens is 392 g/mol. The summed E-state index contributed by atoms with van der Waals surface area (Å²) < 4.78 is 1.97. The van der Waals surface area contributed by atoms with E-state index in [1.165, 1.54) is 36.4 Å². The van der Waals surface area contributed by atoms with Crippen LogP contribution in [0, 0.1) is 0 Å². The number of likely N-dealkylation sites (tertiary alicyclic amines) is 1. The quantitative estimate of drug-likeness (QED) is 0.431. The molecule has 1 atom stereocenters. The molecule has 1 aliphatic rings. The SMILES string of the molecule is CN=C(NCc1cnn(Cc2ccccc2)c1)NCC(c1cccs1)N1CCCC1. The van der Waals surface area contributed by atoms with Gasteiger partial charge in [0.15, 0.2) is 5.96 Å². The lowest BCUT2D eigenvalue weighted by atomic mass is 10.2. The fourth-order valence-corrected chi connectivity index (χ4v) is 4.76. The van der Waals surface area contributed by atoms with Crippen LogP contribution in [0.15, 0.2) is 65.2 Å². The number of aromatic nitrogens is 2. The average molecular weight is 423 g/mol. The van der Waals surface area contributed by atoms with Gasteiger partial charge in [-0.05, 0) is 42.9 Å². The molecule has 3 aromatic rings. The van der Waals surface area contributed by atoms with Crippen molar-refractivity contribution in [1.82, 2.24) is 25.3 Å². The predicted molar refractivity (Wildman–Crippen MR) is 124 cm³/mol. The van der Waals surface area contributed by atoms with Crippen LogP contribution in [-0.2, 0) is 13.1 Å². The molecule has 6 nitrogen and oxygen atoms in total. The van der Waals surface area contributed by atoms with E-state index in [4.69, 9.17) is 0 Å². The second-order valence-corrected chi connectivity index (χ2v) is 8.59. The van der Waals surface area contributed by atoms with E-state index in [-0.39, 0.29) is 0 Å². The third-order valence-electron chi connectivity index (χ3n) is 5.47. The first-order chi connectivity index (χ1) is 14.8. The van der Waals surface area contributed by atoms with Gasteiger partial charge in [0.05, 0.1) is 18.8 Å². The molecule has 2 aromatic heterocycles. The molecule has 0 spiro atoms. The van der Waals surface area contributed by atoms with Crippen molar-refractivity contribution >= 4 is 17.3 Å². The van der Waals surface area contributed by atoms with Gasteiger partial charge in [0.1, 0.15) is 0 Å². The standard InChI is InChI=1S/C23H30N6S/c1-24-23(26-16-21(22-10-7-13-30-22)28-11-5-6-12-28)25-14-20-15-27-29(18-20)17-19-8-3-2-4-9-19/h2-4,7-10,13,15,18,21H,5-6,11-12,14,16-17H2,1H3,(H2,24,25,26). The van der Waals surface area contributed by atoms with Crippen LogP contribution in [0.3, 0.4) is 0 Å². The number of aliphatic imine (C=N–C) groups is 1. The number of rotatable bonds is 8. The van der Waals surface area contributed by atoms with E-state index in [1.54, 1.807) is 0 Å². The van der Waals surface area contributed by atoms with Crippen LogP contribution in [0.1, 0.15) is 34.9 Å². The van der Waals surface area contributed by atoms with E-state index >= 15 is 0 Å². The predicted octanol–water partition coefficient (Wildman–Crippen LogP) is 3.50. The highest BCUT2D eigenvalue weighted by Gasteiger charge is 2.24. The summed E-state index contributed by atoms with van der Waals surface area (Å²) in [5.41, 5.74) is 2.39. The van der Waals surface area contributed by atoms with Crippen LogP contribution in [0.25, 0.3) is 0 Å². The van der Waals surface area contributed by atoms with Gasteiger partial charge in [0.2, 0.25) is 0 Å². The van der Waals surface area contributed by atoms with Gasteiger partial charge >= 0.3 is 0 Å². The molecule has 0 radical (unpaired) electrons. The molecule has 4 rings (SSSR count). The zero-order chi connectivity index (χ0) is 20.6. The van der Waals surface area contributed by atoms with Crippen molar-refractivity contribution in [2.45, 2.75) is 32.0 Å². The van der Waals surface area contributed by atoms with Gasteiger partial charge in [-0.1, -0.05) is 36.4 Å². The molecule has 158 valence electrons. The van der Waals surface area contributed by atoms with E-state index < -0.39 is 0 Å². The van der Waals surface area contributed by atoms with E-state index in [1.807, 2.05) is 35.3 Å². The van der Waals surface area contributed by atoms with Crippen LogP contribution in [-0.4, -0.2) is 47.3 Å². The molecular formula is C23H30N6S. The Morgan fingerprint density at radius 1 is 1.10 bits per heavy atom. The highest BCUT2D eigenvalue weighted by Crippen LogP contribution is 2.27. The molecule has 0 amide bonds. The number of thiophene rings is 1. The molecule has 1 aliphatic heterocycles. The maximum absolute atomic E-state index is 4.49. The Labute approximate surface area is 182 Å². The van der Waals surface area contributed by atoms with Crippen LogP contribution in [0.4, 0.5) is 0 Å². The highest BCUT2D eigenvalue weighted by atomic mass is 32.1. The Morgan fingerprint density at radius 3 is 2.67 bits per heavy atom. The Hall–Kier alpha value is -2.64. The van der Waals surface area contributed by atoms with Crippen LogP contribution >= 0.6 is 11.3 Å². The van der Waals surface area contributed by atoms with Crippen molar-refractivity contribution in [3.8, 4) is 0 Å². The Kier molecular flexibility index (Phi) is 7.16. The van der Waals surface area contributed by atoms with E-state index in [9.17, 15) is 0 Å². The summed E-state index contributed by atoms with van der Waals surface area (Å²) >= 11 is 1.84. The molecule has 1 saturated heterocycles. The van der Waals surface area contributed by atoms with Crippen molar-refractivity contribution in [3.63, 3.8) is 0 Å². The molecule has 30 heavy (non-hydrogen) atoms. The maximum atomic E-state index is 4.49. The van der Waals surface area contributed by atoms with Gasteiger partial charge in [-0.3, -0.25) is 14.6 Å². The summed E-state index contributed by atoms with van der Waals surface area (Å²) in [5, 5.41) is 13.6. The first kappa shape index (κ1) is 20.6. The topological polar surface area (TPSA) is 57.5 Å². The second-order valence-electron chi connectivity index (χ2n) is 7.61. The summed E-state index contributed by atoms with van der Waals surface area (Å²) in [6, 6.07) is 15.2. The zero-order valence-electron chi connectivity index (χ0n) is 17.5. The van der Waals surface area contributed by atoms with Crippen molar-refractivity contribution in [2.75, 3.05) is 26.7 Å². The third-order valence-corrected chi connectivity index (χ3v) is 6.45. The number of nitrogens with one attached hydrogen (secondary N) is 2. The Bertz CT molecular complexity index is 912. The lowest BCUT2D eigenvalue weighted by Crippen LogP contribution is -2.42. The summed E-state index contributed by atoms with van der Waals surface area (Å²) in [6.45, 7) is 4.69. The van der Waals surface area contributed by atoms with E-state index in [0.29, 0.717) is 12.6 Å². The lowest BCUT2D eigenvalue weighted by Gasteiger charge is -2.27. The smallest absolute Gasteiger partial charge is 0.191 e. The number of nitrogens with zero attached hydrogens (tertiary/aromatic N) is 4. The molecule has 0 bridgehead atoms. The molecule has 0 saturated carbocycles. The fourth-order valence-electron chi connectivity index (χ4n) is 3.90. The molecule has 7 heteroatoms. The number of benzene rings is 1. The van der Waals surface area contributed by atoms with Crippen LogP contribution in [0.5, 0.6) is 0 Å². The second kappa shape index (κ2) is 10.4. The van der Waals surface area contributed by atoms with Gasteiger partial charge in [-0.2, -0.15) is 5.10 Å². The maximum Gasteiger partial charge on any atom is 0.191 e. The summed E-state index contributed by atoms with van der Waals surface area (Å²) in [4.78, 5) is 8.41. The molecule has 3 heterocycles. The summed E-state index contributed by atoms with van der Waals surface area (Å²) in [6.07, 6.45) is 6.59. The van der Waals surface area contributed by atoms with Crippen LogP contribution in [0.2, 0.25) is 0 Å². The first-order valence-corrected chi connectivity index (χ1v) is 11.5. The molecule has 2 N–H and O–H groups in total. The zero-order valence-corrected chi connectivity index (χ0v) is 18.3. The lowest BCUT2D eigenvalue weighted by molar-refractivity contribution is 0.249. The van der Waals surface area contributed by atoms with Gasteiger partial charge in [0, 0.05) is 36.8 Å². The Balaban J connectivity index is 1.29. The summed E-state index contributed by atoms with van der Waals surface area (Å²) in [5.74, 6) is 0.826. The van der Waals surface area contributed by atoms with Gasteiger partial charge in [-0.15, -0.1) is 11.3 Å².